The van der Waals surface area contributed by atoms with Crippen molar-refractivity contribution >= 4 is 17.2 Å². The van der Waals surface area contributed by atoms with Gasteiger partial charge in [-0.2, -0.15) is 9.78 Å². The molecule has 0 aliphatic heterocycles. The largest absolute Gasteiger partial charge is 0.384 e. The van der Waals surface area contributed by atoms with Gasteiger partial charge in [0.1, 0.15) is 5.82 Å². The lowest BCUT2D eigenvalue weighted by atomic mass is 10.7. The average Bonchev–Trinajstić information content (AvgIpc) is 2.55. The summed E-state index contributed by atoms with van der Waals surface area (Å²) in [4.78, 5) is 4.06. The molecule has 0 saturated heterocycles. The van der Waals surface area contributed by atoms with Gasteiger partial charge in [-0.25, -0.2) is 4.98 Å². The lowest BCUT2D eigenvalue weighted by molar-refractivity contribution is 0.880. The monoisotopic (exact) mass is 166 g/mol. The first kappa shape index (κ1) is 6.36. The highest BCUT2D eigenvalue weighted by atomic mass is 32.1. The summed E-state index contributed by atoms with van der Waals surface area (Å²) in [6.07, 6.45) is 3.37. The van der Waals surface area contributed by atoms with Crippen molar-refractivity contribution in [2.24, 2.45) is 0 Å². The summed E-state index contributed by atoms with van der Waals surface area (Å²) in [6, 6.07) is 1.74. The van der Waals surface area contributed by atoms with Crippen molar-refractivity contribution in [1.82, 2.24) is 14.8 Å². The minimum absolute atomic E-state index is 0.611. The minimum Gasteiger partial charge on any atom is -0.384 e. The van der Waals surface area contributed by atoms with E-state index in [-0.39, 0.29) is 0 Å². The van der Waals surface area contributed by atoms with Gasteiger partial charge in [-0.15, -0.1) is 11.3 Å². The number of nitrogens with two attached hydrogens (primary N) is 1. The molecule has 2 N–H and O–H groups in total. The van der Waals surface area contributed by atoms with E-state index >= 15 is 0 Å². The lowest BCUT2D eigenvalue weighted by Crippen LogP contribution is -2.00. The van der Waals surface area contributed by atoms with E-state index in [1.165, 1.54) is 11.3 Å². The van der Waals surface area contributed by atoms with Crippen molar-refractivity contribution in [1.29, 1.82) is 0 Å². The summed E-state index contributed by atoms with van der Waals surface area (Å²) < 4.78 is 1.60. The second kappa shape index (κ2) is 2.35. The maximum Gasteiger partial charge on any atom is 0.212 e. The molecule has 0 radical (unpaired) electrons. The third-order valence-electron chi connectivity index (χ3n) is 1.27. The first-order valence-corrected chi connectivity index (χ1v) is 3.95. The standard InChI is InChI=1S/C6H6N4S/c7-5-1-2-9-10(5)6-8-3-4-11-6/h1-4H,7H2. The number of hydrogen-bond donors (Lipinski definition) is 1. The molecule has 2 rings (SSSR count). The number of nitrogens with zero attached hydrogens (tertiary/aromatic N) is 3. The third-order valence-corrected chi connectivity index (χ3v) is 2.02. The van der Waals surface area contributed by atoms with Gasteiger partial charge in [0.2, 0.25) is 5.13 Å². The second-order valence-electron chi connectivity index (χ2n) is 1.98. The molecule has 0 bridgehead atoms. The highest BCUT2D eigenvalue weighted by molar-refractivity contribution is 7.12. The van der Waals surface area contributed by atoms with E-state index in [0.717, 1.165) is 5.13 Å². The van der Waals surface area contributed by atoms with Crippen LogP contribution in [-0.2, 0) is 0 Å². The molecular weight excluding hydrogens is 160 g/mol. The predicted molar refractivity (Wildman–Crippen MR) is 43.6 cm³/mol. The van der Waals surface area contributed by atoms with Crippen LogP contribution in [0, 0.1) is 0 Å². The fraction of sp³-hybridized carbons (Fsp3) is 0. The molecule has 0 aliphatic rings. The van der Waals surface area contributed by atoms with E-state index < -0.39 is 0 Å². The molecule has 5 heteroatoms. The number of rotatable bonds is 1. The Morgan fingerprint density at radius 1 is 1.45 bits per heavy atom. The molecule has 56 valence electrons. The lowest BCUT2D eigenvalue weighted by Gasteiger charge is -1.95. The van der Waals surface area contributed by atoms with E-state index in [9.17, 15) is 0 Å². The molecule has 2 aromatic rings. The molecule has 0 atom stereocenters. The number of anilines is 1. The van der Waals surface area contributed by atoms with Crippen LogP contribution in [0.2, 0.25) is 0 Å². The Morgan fingerprint density at radius 3 is 2.91 bits per heavy atom. The molecule has 4 nitrogen and oxygen atoms in total. The Kier molecular flexibility index (Phi) is 1.36. The van der Waals surface area contributed by atoms with E-state index in [1.807, 2.05) is 5.38 Å². The van der Waals surface area contributed by atoms with Crippen LogP contribution in [-0.4, -0.2) is 14.8 Å². The predicted octanol–water partition coefficient (Wildman–Crippen LogP) is 0.911. The van der Waals surface area contributed by atoms with Gasteiger partial charge >= 0.3 is 0 Å². The Hall–Kier alpha value is -1.36. The summed E-state index contributed by atoms with van der Waals surface area (Å²) in [5.41, 5.74) is 5.60. The van der Waals surface area contributed by atoms with Crippen molar-refractivity contribution in [2.75, 3.05) is 5.73 Å². The fourth-order valence-corrected chi connectivity index (χ4v) is 1.41. The van der Waals surface area contributed by atoms with Crippen LogP contribution >= 0.6 is 11.3 Å². The summed E-state index contributed by atoms with van der Waals surface area (Å²) in [5.74, 6) is 0.611. The maximum absolute atomic E-state index is 5.60. The van der Waals surface area contributed by atoms with Gasteiger partial charge in [0, 0.05) is 17.6 Å². The molecule has 0 fully saturated rings. The summed E-state index contributed by atoms with van der Waals surface area (Å²) in [6.45, 7) is 0. The van der Waals surface area contributed by atoms with Crippen LogP contribution in [0.4, 0.5) is 5.82 Å². The molecule has 2 aromatic heterocycles. The fourth-order valence-electron chi connectivity index (χ4n) is 0.794. The van der Waals surface area contributed by atoms with Crippen LogP contribution in [0.15, 0.2) is 23.8 Å². The van der Waals surface area contributed by atoms with Crippen LogP contribution in [0.1, 0.15) is 0 Å². The van der Waals surface area contributed by atoms with Gasteiger partial charge in [0.25, 0.3) is 0 Å². The van der Waals surface area contributed by atoms with E-state index in [4.69, 9.17) is 5.73 Å². The normalized spacial score (nSPS) is 10.2. The molecular formula is C6H6N4S. The number of aromatic nitrogens is 3. The highest BCUT2D eigenvalue weighted by Crippen LogP contribution is 2.13. The minimum atomic E-state index is 0.611. The molecule has 0 amide bonds. The molecule has 0 aromatic carbocycles. The Balaban J connectivity index is 2.53. The highest BCUT2D eigenvalue weighted by Gasteiger charge is 2.01. The maximum atomic E-state index is 5.60. The third kappa shape index (κ3) is 0.988. The van der Waals surface area contributed by atoms with Crippen LogP contribution < -0.4 is 5.73 Å². The van der Waals surface area contributed by atoms with Gasteiger partial charge < -0.3 is 5.73 Å². The van der Waals surface area contributed by atoms with Gasteiger partial charge in [0.15, 0.2) is 0 Å². The van der Waals surface area contributed by atoms with Crippen molar-refractivity contribution < 1.29 is 0 Å². The molecule has 11 heavy (non-hydrogen) atoms. The molecule has 0 spiro atoms. The van der Waals surface area contributed by atoms with Crippen molar-refractivity contribution in [3.05, 3.63) is 23.8 Å². The first-order valence-electron chi connectivity index (χ1n) is 3.07. The topological polar surface area (TPSA) is 56.7 Å². The van der Waals surface area contributed by atoms with Gasteiger partial charge in [-0.3, -0.25) is 0 Å². The Morgan fingerprint density at radius 2 is 2.36 bits per heavy atom. The van der Waals surface area contributed by atoms with Gasteiger partial charge in [-0.1, -0.05) is 0 Å². The van der Waals surface area contributed by atoms with Crippen LogP contribution in [0.25, 0.3) is 5.13 Å². The summed E-state index contributed by atoms with van der Waals surface area (Å²) in [5, 5.41) is 6.68. The van der Waals surface area contributed by atoms with E-state index in [1.54, 1.807) is 23.1 Å². The Bertz CT molecular complexity index is 337. The Labute approximate surface area is 67.3 Å². The average molecular weight is 166 g/mol. The smallest absolute Gasteiger partial charge is 0.212 e. The zero-order chi connectivity index (χ0) is 7.68. The SMILES string of the molecule is Nc1ccnn1-c1nccs1. The van der Waals surface area contributed by atoms with Gasteiger partial charge in [-0.05, 0) is 0 Å². The number of nitrogen functional groups attached to an aromatic ring is 1. The van der Waals surface area contributed by atoms with E-state index in [0.29, 0.717) is 5.82 Å². The van der Waals surface area contributed by atoms with Crippen molar-refractivity contribution in [3.63, 3.8) is 0 Å². The zero-order valence-corrected chi connectivity index (χ0v) is 6.45. The van der Waals surface area contributed by atoms with Crippen molar-refractivity contribution in [2.45, 2.75) is 0 Å². The summed E-state index contributed by atoms with van der Waals surface area (Å²) in [7, 11) is 0. The van der Waals surface area contributed by atoms with Crippen LogP contribution in [0.5, 0.6) is 0 Å². The van der Waals surface area contributed by atoms with Gasteiger partial charge in [0.05, 0.1) is 6.20 Å². The number of hydrogen-bond acceptors (Lipinski definition) is 4. The zero-order valence-electron chi connectivity index (χ0n) is 5.64. The second-order valence-corrected chi connectivity index (χ2v) is 2.86. The molecule has 0 aliphatic carbocycles. The molecule has 0 saturated carbocycles. The number of thiazole rings is 1. The summed E-state index contributed by atoms with van der Waals surface area (Å²) >= 11 is 1.50. The van der Waals surface area contributed by atoms with Crippen LogP contribution in [0.3, 0.4) is 0 Å². The first-order chi connectivity index (χ1) is 5.38. The molecule has 2 heterocycles. The molecule has 0 unspecified atom stereocenters. The van der Waals surface area contributed by atoms with Crippen molar-refractivity contribution in [3.8, 4) is 5.13 Å². The quantitative estimate of drug-likeness (QED) is 0.685. The van der Waals surface area contributed by atoms with E-state index in [2.05, 4.69) is 10.1 Å².